The minimum atomic E-state index is -0.163. The van der Waals surface area contributed by atoms with Gasteiger partial charge in [0.2, 0.25) is 0 Å². The Morgan fingerprint density at radius 3 is 2.76 bits per heavy atom. The Labute approximate surface area is 128 Å². The summed E-state index contributed by atoms with van der Waals surface area (Å²) in [6.45, 7) is 4.81. The minimum Gasteiger partial charge on any atom is -0.492 e. The molecule has 0 atom stereocenters. The van der Waals surface area contributed by atoms with E-state index in [9.17, 15) is 4.79 Å². The van der Waals surface area contributed by atoms with E-state index >= 15 is 0 Å². The molecule has 0 aliphatic carbocycles. The van der Waals surface area contributed by atoms with E-state index in [0.717, 1.165) is 11.3 Å². The van der Waals surface area contributed by atoms with Crippen LogP contribution in [0.4, 0.5) is 5.69 Å². The van der Waals surface area contributed by atoms with Gasteiger partial charge in [-0.3, -0.25) is 4.79 Å². The molecular weight excluding hydrogens is 286 g/mol. The average Bonchev–Trinajstić information content (AvgIpc) is 2.74. The topological polar surface area (TPSA) is 52.3 Å². The second-order valence-electron chi connectivity index (χ2n) is 5.92. The monoisotopic (exact) mass is 301 g/mol. The predicted molar refractivity (Wildman–Crippen MR) is 84.3 cm³/mol. The summed E-state index contributed by atoms with van der Waals surface area (Å²) in [7, 11) is 0. The summed E-state index contributed by atoms with van der Waals surface area (Å²) in [6.07, 6.45) is 0. The van der Waals surface area contributed by atoms with Crippen LogP contribution in [-0.4, -0.2) is 12.4 Å². The maximum absolute atomic E-state index is 12.7. The van der Waals surface area contributed by atoms with Gasteiger partial charge >= 0.3 is 0 Å². The summed E-state index contributed by atoms with van der Waals surface area (Å²) < 4.78 is 5.64. The SMILES string of the molecule is CC1(C)COc2ccc(C(=O)c3c(N)cccc3Cl)cc21. The minimum absolute atomic E-state index is 0.0996. The van der Waals surface area contributed by atoms with E-state index in [-0.39, 0.29) is 11.2 Å². The Balaban J connectivity index is 2.08. The number of halogens is 1. The van der Waals surface area contributed by atoms with Gasteiger partial charge in [-0.2, -0.15) is 0 Å². The molecule has 21 heavy (non-hydrogen) atoms. The van der Waals surface area contributed by atoms with Gasteiger partial charge in [-0.15, -0.1) is 0 Å². The number of nitrogen functional groups attached to an aromatic ring is 1. The Hall–Kier alpha value is -2.00. The molecule has 3 rings (SSSR count). The number of rotatable bonds is 2. The van der Waals surface area contributed by atoms with Crippen LogP contribution >= 0.6 is 11.6 Å². The zero-order valence-corrected chi connectivity index (χ0v) is 12.7. The molecule has 108 valence electrons. The van der Waals surface area contributed by atoms with E-state index in [0.29, 0.717) is 28.4 Å². The molecule has 0 fully saturated rings. The molecule has 0 spiro atoms. The first-order valence-corrected chi connectivity index (χ1v) is 7.14. The van der Waals surface area contributed by atoms with Crippen LogP contribution in [0.25, 0.3) is 0 Å². The molecule has 0 amide bonds. The van der Waals surface area contributed by atoms with Crippen molar-refractivity contribution in [2.75, 3.05) is 12.3 Å². The van der Waals surface area contributed by atoms with Crippen molar-refractivity contribution in [2.45, 2.75) is 19.3 Å². The summed E-state index contributed by atoms with van der Waals surface area (Å²) >= 11 is 6.12. The standard InChI is InChI=1S/C17H16ClNO2/c1-17(2)9-21-14-7-6-10(8-11(14)17)16(20)15-12(18)4-3-5-13(15)19/h3-8H,9,19H2,1-2H3. The molecule has 0 unspecified atom stereocenters. The fraction of sp³-hybridized carbons (Fsp3) is 0.235. The van der Waals surface area contributed by atoms with Crippen LogP contribution in [-0.2, 0) is 5.41 Å². The van der Waals surface area contributed by atoms with Crippen molar-refractivity contribution < 1.29 is 9.53 Å². The Morgan fingerprint density at radius 1 is 1.29 bits per heavy atom. The van der Waals surface area contributed by atoms with Crippen LogP contribution in [0.5, 0.6) is 5.75 Å². The van der Waals surface area contributed by atoms with Crippen LogP contribution in [0.2, 0.25) is 5.02 Å². The lowest BCUT2D eigenvalue weighted by Gasteiger charge is -2.16. The number of ether oxygens (including phenoxy) is 1. The number of fused-ring (bicyclic) bond motifs is 1. The summed E-state index contributed by atoms with van der Waals surface area (Å²) in [5.41, 5.74) is 8.16. The second-order valence-corrected chi connectivity index (χ2v) is 6.32. The summed E-state index contributed by atoms with van der Waals surface area (Å²) in [5.74, 6) is 0.673. The molecule has 0 bridgehead atoms. The molecule has 0 saturated heterocycles. The number of anilines is 1. The van der Waals surface area contributed by atoms with E-state index in [1.54, 1.807) is 24.3 Å². The Bertz CT molecular complexity index is 717. The average molecular weight is 302 g/mol. The van der Waals surface area contributed by atoms with Gasteiger partial charge in [-0.25, -0.2) is 0 Å². The molecule has 4 heteroatoms. The molecule has 0 saturated carbocycles. The van der Waals surface area contributed by atoms with E-state index in [1.165, 1.54) is 0 Å². The highest BCUT2D eigenvalue weighted by molar-refractivity contribution is 6.35. The highest BCUT2D eigenvalue weighted by Crippen LogP contribution is 2.39. The van der Waals surface area contributed by atoms with Gasteiger partial charge in [0.1, 0.15) is 5.75 Å². The molecule has 3 nitrogen and oxygen atoms in total. The largest absolute Gasteiger partial charge is 0.492 e. The molecule has 0 radical (unpaired) electrons. The summed E-state index contributed by atoms with van der Waals surface area (Å²) in [4.78, 5) is 12.7. The number of hydrogen-bond acceptors (Lipinski definition) is 3. The Kier molecular flexibility index (Phi) is 3.18. The van der Waals surface area contributed by atoms with Crippen molar-refractivity contribution in [1.29, 1.82) is 0 Å². The van der Waals surface area contributed by atoms with Crippen LogP contribution in [0.1, 0.15) is 35.3 Å². The number of hydrogen-bond donors (Lipinski definition) is 1. The zero-order valence-electron chi connectivity index (χ0n) is 11.9. The van der Waals surface area contributed by atoms with Gasteiger partial charge < -0.3 is 10.5 Å². The van der Waals surface area contributed by atoms with Crippen molar-refractivity contribution in [1.82, 2.24) is 0 Å². The van der Waals surface area contributed by atoms with Crippen molar-refractivity contribution in [3.05, 3.63) is 58.1 Å². The third kappa shape index (κ3) is 2.28. The van der Waals surface area contributed by atoms with Gasteiger partial charge in [0.15, 0.2) is 5.78 Å². The molecule has 1 heterocycles. The third-order valence-corrected chi connectivity index (χ3v) is 4.15. The molecule has 2 N–H and O–H groups in total. The van der Waals surface area contributed by atoms with E-state index in [4.69, 9.17) is 22.1 Å². The van der Waals surface area contributed by atoms with Gasteiger partial charge in [-0.1, -0.05) is 31.5 Å². The van der Waals surface area contributed by atoms with E-state index < -0.39 is 0 Å². The molecule has 2 aromatic rings. The molecule has 2 aromatic carbocycles. The first kappa shape index (κ1) is 14.0. The zero-order chi connectivity index (χ0) is 15.2. The van der Waals surface area contributed by atoms with Gasteiger partial charge in [0, 0.05) is 22.2 Å². The first-order chi connectivity index (χ1) is 9.90. The number of carbonyl (C=O) groups is 1. The number of ketones is 1. The normalized spacial score (nSPS) is 15.4. The molecule has 1 aliphatic rings. The number of nitrogens with two attached hydrogens (primary N) is 1. The fourth-order valence-corrected chi connectivity index (χ4v) is 2.85. The molecule has 0 aromatic heterocycles. The lowest BCUT2D eigenvalue weighted by molar-refractivity contribution is 0.103. The van der Waals surface area contributed by atoms with E-state index in [1.807, 2.05) is 12.1 Å². The molecular formula is C17H16ClNO2. The van der Waals surface area contributed by atoms with Gasteiger partial charge in [-0.05, 0) is 30.3 Å². The van der Waals surface area contributed by atoms with Crippen molar-refractivity contribution in [2.24, 2.45) is 0 Å². The fourth-order valence-electron chi connectivity index (χ4n) is 2.59. The van der Waals surface area contributed by atoms with Crippen molar-refractivity contribution in [3.63, 3.8) is 0 Å². The van der Waals surface area contributed by atoms with Crippen molar-refractivity contribution in [3.8, 4) is 5.75 Å². The lowest BCUT2D eigenvalue weighted by atomic mass is 9.85. The van der Waals surface area contributed by atoms with Crippen LogP contribution in [0.15, 0.2) is 36.4 Å². The maximum Gasteiger partial charge on any atom is 0.196 e. The highest BCUT2D eigenvalue weighted by Gasteiger charge is 2.32. The Morgan fingerprint density at radius 2 is 2.05 bits per heavy atom. The lowest BCUT2D eigenvalue weighted by Crippen LogP contribution is -2.18. The summed E-state index contributed by atoms with van der Waals surface area (Å²) in [6, 6.07) is 10.6. The van der Waals surface area contributed by atoms with Crippen LogP contribution < -0.4 is 10.5 Å². The number of carbonyl (C=O) groups excluding carboxylic acids is 1. The third-order valence-electron chi connectivity index (χ3n) is 3.83. The van der Waals surface area contributed by atoms with E-state index in [2.05, 4.69) is 13.8 Å². The smallest absolute Gasteiger partial charge is 0.196 e. The summed E-state index contributed by atoms with van der Waals surface area (Å²) in [5, 5.41) is 0.371. The quantitative estimate of drug-likeness (QED) is 0.677. The van der Waals surface area contributed by atoms with Crippen LogP contribution in [0, 0.1) is 0 Å². The highest BCUT2D eigenvalue weighted by atomic mass is 35.5. The van der Waals surface area contributed by atoms with Crippen molar-refractivity contribution >= 4 is 23.1 Å². The maximum atomic E-state index is 12.7. The van der Waals surface area contributed by atoms with Gasteiger partial charge in [0.25, 0.3) is 0 Å². The predicted octanol–water partition coefficient (Wildman–Crippen LogP) is 3.82. The first-order valence-electron chi connectivity index (χ1n) is 6.76. The molecule has 1 aliphatic heterocycles. The number of benzene rings is 2. The van der Waals surface area contributed by atoms with Gasteiger partial charge in [0.05, 0.1) is 17.2 Å². The second kappa shape index (κ2) is 4.78. The van der Waals surface area contributed by atoms with Crippen LogP contribution in [0.3, 0.4) is 0 Å².